The molecule has 37 heavy (non-hydrogen) atoms. The van der Waals surface area contributed by atoms with Crippen molar-refractivity contribution in [1.82, 2.24) is 9.91 Å². The molecule has 0 unspecified atom stereocenters. The number of nitrogens with zero attached hydrogens (tertiary/aromatic N) is 3. The Morgan fingerprint density at radius 2 is 1.78 bits per heavy atom. The number of hydrogen-bond acceptors (Lipinski definition) is 5. The van der Waals surface area contributed by atoms with Crippen LogP contribution in [0.5, 0.6) is 0 Å². The Morgan fingerprint density at radius 1 is 1.08 bits per heavy atom. The molecule has 2 aromatic rings. The van der Waals surface area contributed by atoms with Gasteiger partial charge in [-0.15, -0.1) is 0 Å². The maximum atomic E-state index is 12.3. The number of carbonyl (C=O) groups excluding carboxylic acids is 1. The zero-order chi connectivity index (χ0) is 26.7. The number of likely N-dealkylation sites (tertiary alicyclic amines) is 1. The van der Waals surface area contributed by atoms with Crippen LogP contribution in [0.3, 0.4) is 0 Å². The van der Waals surface area contributed by atoms with Crippen LogP contribution in [0, 0.1) is 5.92 Å². The third kappa shape index (κ3) is 6.35. The van der Waals surface area contributed by atoms with Gasteiger partial charge in [-0.1, -0.05) is 65.5 Å². The van der Waals surface area contributed by atoms with E-state index in [4.69, 9.17) is 56.2 Å². The Hall–Kier alpha value is -2.02. The molecule has 9 heteroatoms. The van der Waals surface area contributed by atoms with Gasteiger partial charge in [-0.2, -0.15) is 5.10 Å². The molecule has 4 rings (SSSR count). The quantitative estimate of drug-likeness (QED) is 0.246. The van der Waals surface area contributed by atoms with E-state index in [1.807, 2.05) is 36.2 Å². The minimum atomic E-state index is -0.410. The lowest BCUT2D eigenvalue weighted by molar-refractivity contribution is -0.137. The summed E-state index contributed by atoms with van der Waals surface area (Å²) in [5, 5.41) is 9.25. The molecule has 0 bridgehead atoms. The number of esters is 1. The summed E-state index contributed by atoms with van der Waals surface area (Å²) in [5.41, 5.74) is 4.46. The normalized spacial score (nSPS) is 21.3. The molecular formula is C28H29Cl4N3O2. The van der Waals surface area contributed by atoms with E-state index in [2.05, 4.69) is 17.9 Å². The fourth-order valence-electron chi connectivity index (χ4n) is 4.95. The summed E-state index contributed by atoms with van der Waals surface area (Å²) < 4.78 is 5.16. The lowest BCUT2D eigenvalue weighted by atomic mass is 9.83. The van der Waals surface area contributed by atoms with E-state index >= 15 is 0 Å². The van der Waals surface area contributed by atoms with Crippen LogP contribution < -0.4 is 0 Å². The highest BCUT2D eigenvalue weighted by Crippen LogP contribution is 2.45. The van der Waals surface area contributed by atoms with Gasteiger partial charge in [0, 0.05) is 50.9 Å². The highest BCUT2D eigenvalue weighted by molar-refractivity contribution is 6.36. The number of allylic oxidation sites excluding steroid dienone is 1. The minimum absolute atomic E-state index is 0.00171. The summed E-state index contributed by atoms with van der Waals surface area (Å²) in [5.74, 6) is -0.408. The average molecular weight is 581 g/mol. The van der Waals surface area contributed by atoms with Crippen LogP contribution >= 0.6 is 46.4 Å². The minimum Gasteiger partial charge on any atom is -0.463 e. The van der Waals surface area contributed by atoms with Gasteiger partial charge in [-0.3, -0.25) is 9.91 Å². The SMILES string of the molecule is CCCN1C/C(=C/c2ccc(Cl)cc2Cl)C2=NN(/C(C)=C/C(=O)OCC)[C@H](c3ccc(Cl)cc3Cl)[C@@H]2C1. The molecule has 0 spiro atoms. The summed E-state index contributed by atoms with van der Waals surface area (Å²) in [6.07, 6.45) is 4.58. The Kier molecular flexibility index (Phi) is 9.25. The third-order valence-corrected chi connectivity index (χ3v) is 7.60. The number of piperidine rings is 1. The fourth-order valence-corrected chi connectivity index (χ4v) is 5.93. The Bertz CT molecular complexity index is 1270. The number of rotatable bonds is 7. The van der Waals surface area contributed by atoms with Crippen LogP contribution in [0.4, 0.5) is 0 Å². The van der Waals surface area contributed by atoms with Gasteiger partial charge in [0.25, 0.3) is 0 Å². The molecule has 196 valence electrons. The van der Waals surface area contributed by atoms with Crippen LogP contribution in [-0.2, 0) is 9.53 Å². The fraction of sp³-hybridized carbons (Fsp3) is 0.357. The van der Waals surface area contributed by atoms with Gasteiger partial charge in [0.05, 0.1) is 18.4 Å². The maximum Gasteiger partial charge on any atom is 0.332 e. The Morgan fingerprint density at radius 3 is 2.43 bits per heavy atom. The van der Waals surface area contributed by atoms with E-state index in [9.17, 15) is 4.79 Å². The van der Waals surface area contributed by atoms with Crippen molar-refractivity contribution < 1.29 is 9.53 Å². The van der Waals surface area contributed by atoms with Crippen molar-refractivity contribution in [1.29, 1.82) is 0 Å². The van der Waals surface area contributed by atoms with Crippen LogP contribution in [0.1, 0.15) is 44.4 Å². The second kappa shape index (κ2) is 12.2. The third-order valence-electron chi connectivity index (χ3n) is 6.48. The number of carbonyl (C=O) groups is 1. The smallest absolute Gasteiger partial charge is 0.332 e. The van der Waals surface area contributed by atoms with Crippen molar-refractivity contribution in [2.24, 2.45) is 11.0 Å². The number of fused-ring (bicyclic) bond motifs is 1. The summed E-state index contributed by atoms with van der Waals surface area (Å²) in [7, 11) is 0. The molecule has 0 aromatic heterocycles. The zero-order valence-electron chi connectivity index (χ0n) is 21.0. The number of benzene rings is 2. The Balaban J connectivity index is 1.85. The van der Waals surface area contributed by atoms with Gasteiger partial charge < -0.3 is 4.74 Å². The predicted molar refractivity (Wildman–Crippen MR) is 154 cm³/mol. The van der Waals surface area contributed by atoms with Gasteiger partial charge in [0.2, 0.25) is 0 Å². The van der Waals surface area contributed by atoms with Crippen molar-refractivity contribution >= 4 is 64.2 Å². The van der Waals surface area contributed by atoms with Crippen molar-refractivity contribution in [3.8, 4) is 0 Å². The van der Waals surface area contributed by atoms with Crippen molar-refractivity contribution in [2.45, 2.75) is 33.2 Å². The lowest BCUT2D eigenvalue weighted by Gasteiger charge is -2.36. The first-order valence-electron chi connectivity index (χ1n) is 12.3. The zero-order valence-corrected chi connectivity index (χ0v) is 24.0. The van der Waals surface area contributed by atoms with E-state index < -0.39 is 5.97 Å². The molecule has 0 N–H and O–H groups in total. The van der Waals surface area contributed by atoms with Crippen LogP contribution in [-0.4, -0.2) is 47.8 Å². The lowest BCUT2D eigenvalue weighted by Crippen LogP contribution is -2.44. The van der Waals surface area contributed by atoms with E-state index in [1.165, 1.54) is 6.08 Å². The number of hydrogen-bond donors (Lipinski definition) is 0. The van der Waals surface area contributed by atoms with Gasteiger partial charge in [-0.05, 0) is 73.9 Å². The summed E-state index contributed by atoms with van der Waals surface area (Å²) >= 11 is 25.6. The number of ether oxygens (including phenoxy) is 1. The molecule has 2 aliphatic heterocycles. The van der Waals surface area contributed by atoms with Gasteiger partial charge in [0.15, 0.2) is 0 Å². The second-order valence-electron chi connectivity index (χ2n) is 9.16. The van der Waals surface area contributed by atoms with Crippen molar-refractivity contribution in [2.75, 3.05) is 26.2 Å². The van der Waals surface area contributed by atoms with Crippen LogP contribution in [0.15, 0.2) is 58.8 Å². The van der Waals surface area contributed by atoms with Crippen molar-refractivity contribution in [3.63, 3.8) is 0 Å². The van der Waals surface area contributed by atoms with E-state index in [1.54, 1.807) is 19.1 Å². The second-order valence-corrected chi connectivity index (χ2v) is 10.8. The average Bonchev–Trinajstić information content (AvgIpc) is 3.21. The summed E-state index contributed by atoms with van der Waals surface area (Å²) in [4.78, 5) is 14.7. The maximum absolute atomic E-state index is 12.3. The van der Waals surface area contributed by atoms with Gasteiger partial charge in [-0.25, -0.2) is 4.79 Å². The highest BCUT2D eigenvalue weighted by atomic mass is 35.5. The topological polar surface area (TPSA) is 45.1 Å². The molecule has 2 aromatic carbocycles. The molecule has 2 aliphatic rings. The van der Waals surface area contributed by atoms with E-state index in [0.717, 1.165) is 48.5 Å². The molecule has 5 nitrogen and oxygen atoms in total. The van der Waals surface area contributed by atoms with Crippen LogP contribution in [0.2, 0.25) is 20.1 Å². The molecule has 0 radical (unpaired) electrons. The Labute approximate surface area is 238 Å². The van der Waals surface area contributed by atoms with E-state index in [-0.39, 0.29) is 12.0 Å². The van der Waals surface area contributed by atoms with Crippen molar-refractivity contribution in [3.05, 3.63) is 85.0 Å². The largest absolute Gasteiger partial charge is 0.463 e. The first kappa shape index (κ1) is 28.0. The standard InChI is InChI=1S/C28H29Cl4N3O2/c1-4-10-34-15-19(12-18-6-7-20(29)13-24(18)31)27-23(16-34)28(22-9-8-21(30)14-25(22)32)35(33-27)17(3)11-26(36)37-5-2/h6-9,11-14,23,28H,4-5,10,15-16H2,1-3H3/b17-11+,19-12-/t23-,28-/m1/s1. The molecule has 1 fully saturated rings. The highest BCUT2D eigenvalue weighted by Gasteiger charge is 2.44. The molecular weight excluding hydrogens is 552 g/mol. The van der Waals surface area contributed by atoms with Gasteiger partial charge >= 0.3 is 5.97 Å². The predicted octanol–water partition coefficient (Wildman–Crippen LogP) is 7.91. The molecule has 2 heterocycles. The molecule has 1 saturated heterocycles. The summed E-state index contributed by atoms with van der Waals surface area (Å²) in [6.45, 7) is 8.58. The molecule has 0 aliphatic carbocycles. The summed E-state index contributed by atoms with van der Waals surface area (Å²) in [6, 6.07) is 10.8. The van der Waals surface area contributed by atoms with Gasteiger partial charge in [0.1, 0.15) is 0 Å². The monoisotopic (exact) mass is 579 g/mol. The van der Waals surface area contributed by atoms with Crippen LogP contribution in [0.25, 0.3) is 6.08 Å². The molecule has 0 amide bonds. The number of hydrazone groups is 1. The molecule has 2 atom stereocenters. The number of halogens is 4. The van der Waals surface area contributed by atoms with E-state index in [0.29, 0.717) is 32.4 Å². The first-order chi connectivity index (χ1) is 17.7. The first-order valence-corrected chi connectivity index (χ1v) is 13.8. The molecule has 0 saturated carbocycles.